The van der Waals surface area contributed by atoms with E-state index in [-0.39, 0.29) is 23.4 Å². The van der Waals surface area contributed by atoms with Crippen molar-refractivity contribution >= 4 is 23.2 Å². The van der Waals surface area contributed by atoms with Crippen LogP contribution >= 0.6 is 0 Å². The summed E-state index contributed by atoms with van der Waals surface area (Å²) in [5, 5.41) is 10.7. The molecule has 1 saturated carbocycles. The zero-order valence-corrected chi connectivity index (χ0v) is 13.0. The average Bonchev–Trinajstić information content (AvgIpc) is 2.48. The summed E-state index contributed by atoms with van der Waals surface area (Å²) < 4.78 is 0. The number of benzene rings is 1. The van der Waals surface area contributed by atoms with E-state index < -0.39 is 11.0 Å². The molecule has 1 heterocycles. The largest absolute Gasteiger partial charge is 0.329 e. The second-order valence-electron chi connectivity index (χ2n) is 6.10. The molecule has 0 unspecified atom stereocenters. The Morgan fingerprint density at radius 3 is 2.39 bits per heavy atom. The molecule has 0 aromatic heterocycles. The fourth-order valence-electron chi connectivity index (χ4n) is 3.07. The number of nitro groups is 1. The standard InChI is InChI=1S/C16H19N3O4/c1-11-15(20)18(13-5-7-14(8-6-13)19(22)23)10-9-17(11)16(21)12-3-2-4-12/h5-8,11-12H,2-4,9-10H2,1H3/t11-/m1/s1. The highest BCUT2D eigenvalue weighted by atomic mass is 16.6. The van der Waals surface area contributed by atoms with Crippen LogP contribution in [0.25, 0.3) is 0 Å². The van der Waals surface area contributed by atoms with Gasteiger partial charge in [-0.15, -0.1) is 0 Å². The van der Waals surface area contributed by atoms with Gasteiger partial charge >= 0.3 is 0 Å². The summed E-state index contributed by atoms with van der Waals surface area (Å²) in [6.07, 6.45) is 2.92. The van der Waals surface area contributed by atoms with Gasteiger partial charge in [-0.3, -0.25) is 19.7 Å². The number of nitrogens with zero attached hydrogens (tertiary/aromatic N) is 3. The second-order valence-corrected chi connectivity index (χ2v) is 6.10. The molecule has 7 heteroatoms. The zero-order chi connectivity index (χ0) is 16.6. The summed E-state index contributed by atoms with van der Waals surface area (Å²) in [7, 11) is 0. The number of carbonyl (C=O) groups is 2. The molecule has 7 nitrogen and oxygen atoms in total. The van der Waals surface area contributed by atoms with E-state index in [9.17, 15) is 19.7 Å². The molecule has 3 rings (SSSR count). The Morgan fingerprint density at radius 1 is 1.22 bits per heavy atom. The molecule has 1 saturated heterocycles. The van der Waals surface area contributed by atoms with E-state index in [1.807, 2.05) is 0 Å². The van der Waals surface area contributed by atoms with Gasteiger partial charge in [0, 0.05) is 36.8 Å². The number of piperazine rings is 1. The van der Waals surface area contributed by atoms with Gasteiger partial charge < -0.3 is 9.80 Å². The lowest BCUT2D eigenvalue weighted by molar-refractivity contribution is -0.384. The number of anilines is 1. The number of carbonyl (C=O) groups excluding carboxylic acids is 2. The molecule has 0 bridgehead atoms. The minimum absolute atomic E-state index is 0.00644. The molecule has 0 spiro atoms. The van der Waals surface area contributed by atoms with Crippen LogP contribution in [0.15, 0.2) is 24.3 Å². The number of nitro benzene ring substituents is 1. The van der Waals surface area contributed by atoms with E-state index in [0.717, 1.165) is 19.3 Å². The molecule has 0 radical (unpaired) electrons. The van der Waals surface area contributed by atoms with E-state index in [2.05, 4.69) is 0 Å². The molecule has 23 heavy (non-hydrogen) atoms. The molecule has 1 atom stereocenters. The normalized spacial score (nSPS) is 22.0. The van der Waals surface area contributed by atoms with Crippen LogP contribution in [-0.2, 0) is 9.59 Å². The molecular formula is C16H19N3O4. The summed E-state index contributed by atoms with van der Waals surface area (Å²) in [4.78, 5) is 38.5. The van der Waals surface area contributed by atoms with Crippen LogP contribution < -0.4 is 4.90 Å². The van der Waals surface area contributed by atoms with Crippen LogP contribution in [0, 0.1) is 16.0 Å². The second kappa shape index (κ2) is 5.98. The Labute approximate surface area is 134 Å². The van der Waals surface area contributed by atoms with Gasteiger partial charge in [0.1, 0.15) is 6.04 Å². The molecule has 1 aromatic rings. The molecule has 1 aliphatic carbocycles. The number of non-ortho nitro benzene ring substituents is 1. The maximum absolute atomic E-state index is 12.6. The lowest BCUT2D eigenvalue weighted by Gasteiger charge is -2.41. The fraction of sp³-hybridized carbons (Fsp3) is 0.500. The molecule has 2 aliphatic rings. The monoisotopic (exact) mass is 317 g/mol. The first kappa shape index (κ1) is 15.5. The van der Waals surface area contributed by atoms with Crippen molar-refractivity contribution < 1.29 is 14.5 Å². The van der Waals surface area contributed by atoms with Gasteiger partial charge in [0.15, 0.2) is 0 Å². The summed E-state index contributed by atoms with van der Waals surface area (Å²) >= 11 is 0. The Kier molecular flexibility index (Phi) is 4.02. The van der Waals surface area contributed by atoms with Crippen molar-refractivity contribution in [3.05, 3.63) is 34.4 Å². The SMILES string of the molecule is C[C@@H]1C(=O)N(c2ccc([N+](=O)[O-])cc2)CCN1C(=O)C1CCC1. The maximum Gasteiger partial charge on any atom is 0.269 e. The van der Waals surface area contributed by atoms with Gasteiger partial charge in [-0.1, -0.05) is 6.42 Å². The summed E-state index contributed by atoms with van der Waals surface area (Å²) in [5.74, 6) is 0.0226. The van der Waals surface area contributed by atoms with Crippen LogP contribution in [0.3, 0.4) is 0 Å². The smallest absolute Gasteiger partial charge is 0.269 e. The Bertz CT molecular complexity index is 639. The highest BCUT2D eigenvalue weighted by molar-refractivity contribution is 6.00. The van der Waals surface area contributed by atoms with Crippen LogP contribution in [-0.4, -0.2) is 40.8 Å². The van der Waals surface area contributed by atoms with Crippen molar-refractivity contribution in [2.45, 2.75) is 32.2 Å². The van der Waals surface area contributed by atoms with Gasteiger partial charge in [0.05, 0.1) is 4.92 Å². The van der Waals surface area contributed by atoms with Gasteiger partial charge in [0.25, 0.3) is 5.69 Å². The minimum atomic E-state index is -0.493. The third-order valence-electron chi connectivity index (χ3n) is 4.77. The van der Waals surface area contributed by atoms with Crippen LogP contribution in [0.1, 0.15) is 26.2 Å². The number of rotatable bonds is 3. The van der Waals surface area contributed by atoms with Crippen molar-refractivity contribution in [2.24, 2.45) is 5.92 Å². The van der Waals surface area contributed by atoms with Gasteiger partial charge in [-0.25, -0.2) is 0 Å². The first-order valence-electron chi connectivity index (χ1n) is 7.85. The Morgan fingerprint density at radius 2 is 1.87 bits per heavy atom. The first-order valence-corrected chi connectivity index (χ1v) is 7.85. The minimum Gasteiger partial charge on any atom is -0.329 e. The van der Waals surface area contributed by atoms with E-state index >= 15 is 0 Å². The molecule has 1 aromatic carbocycles. The van der Waals surface area contributed by atoms with Gasteiger partial charge in [-0.05, 0) is 31.9 Å². The van der Waals surface area contributed by atoms with Crippen LogP contribution in [0.4, 0.5) is 11.4 Å². The van der Waals surface area contributed by atoms with E-state index in [4.69, 9.17) is 0 Å². The highest BCUT2D eigenvalue weighted by Crippen LogP contribution is 2.30. The number of hydrogen-bond acceptors (Lipinski definition) is 4. The lowest BCUT2D eigenvalue weighted by Crippen LogP contribution is -2.59. The summed E-state index contributed by atoms with van der Waals surface area (Å²) in [6, 6.07) is 5.43. The average molecular weight is 317 g/mol. The molecule has 2 amide bonds. The molecule has 2 fully saturated rings. The predicted octanol–water partition coefficient (Wildman–Crippen LogP) is 1.96. The van der Waals surface area contributed by atoms with E-state index in [1.54, 1.807) is 28.9 Å². The summed E-state index contributed by atoms with van der Waals surface area (Å²) in [6.45, 7) is 2.66. The highest BCUT2D eigenvalue weighted by Gasteiger charge is 2.38. The zero-order valence-electron chi connectivity index (χ0n) is 13.0. The maximum atomic E-state index is 12.6. The molecular weight excluding hydrogens is 298 g/mol. The molecule has 0 N–H and O–H groups in total. The third kappa shape index (κ3) is 2.78. The van der Waals surface area contributed by atoms with E-state index in [0.29, 0.717) is 18.8 Å². The van der Waals surface area contributed by atoms with E-state index in [1.165, 1.54) is 12.1 Å². The van der Waals surface area contributed by atoms with Crippen molar-refractivity contribution in [1.29, 1.82) is 0 Å². The Balaban J connectivity index is 1.73. The topological polar surface area (TPSA) is 83.8 Å². The summed E-state index contributed by atoms with van der Waals surface area (Å²) in [5.41, 5.74) is 0.622. The quantitative estimate of drug-likeness (QED) is 0.630. The van der Waals surface area contributed by atoms with Gasteiger partial charge in [-0.2, -0.15) is 0 Å². The van der Waals surface area contributed by atoms with Crippen molar-refractivity contribution in [3.8, 4) is 0 Å². The van der Waals surface area contributed by atoms with Crippen molar-refractivity contribution in [2.75, 3.05) is 18.0 Å². The van der Waals surface area contributed by atoms with Crippen LogP contribution in [0.5, 0.6) is 0 Å². The van der Waals surface area contributed by atoms with Crippen molar-refractivity contribution in [3.63, 3.8) is 0 Å². The fourth-order valence-corrected chi connectivity index (χ4v) is 3.07. The Hall–Kier alpha value is -2.44. The van der Waals surface area contributed by atoms with Gasteiger partial charge in [0.2, 0.25) is 11.8 Å². The molecule has 1 aliphatic heterocycles. The molecule has 122 valence electrons. The van der Waals surface area contributed by atoms with Crippen molar-refractivity contribution in [1.82, 2.24) is 4.90 Å². The first-order chi connectivity index (χ1) is 11.0. The predicted molar refractivity (Wildman–Crippen MR) is 84.0 cm³/mol. The third-order valence-corrected chi connectivity index (χ3v) is 4.77. The lowest BCUT2D eigenvalue weighted by atomic mass is 9.84. The number of amides is 2. The van der Waals surface area contributed by atoms with Crippen LogP contribution in [0.2, 0.25) is 0 Å². The number of hydrogen-bond donors (Lipinski definition) is 0.